The van der Waals surface area contributed by atoms with E-state index in [1.165, 1.54) is 57.2 Å². The van der Waals surface area contributed by atoms with Crippen LogP contribution in [0.2, 0.25) is 0 Å². The van der Waals surface area contributed by atoms with Crippen molar-refractivity contribution in [1.29, 1.82) is 0 Å². The van der Waals surface area contributed by atoms with E-state index >= 15 is 0 Å². The minimum absolute atomic E-state index is 0.434. The molecule has 1 aromatic carbocycles. The van der Waals surface area contributed by atoms with Crippen molar-refractivity contribution in [3.63, 3.8) is 0 Å². The van der Waals surface area contributed by atoms with Gasteiger partial charge in [0.1, 0.15) is 11.9 Å². The van der Waals surface area contributed by atoms with Crippen molar-refractivity contribution >= 4 is 0 Å². The summed E-state index contributed by atoms with van der Waals surface area (Å²) >= 11 is 0. The summed E-state index contributed by atoms with van der Waals surface area (Å²) in [5.41, 5.74) is 3.08. The quantitative estimate of drug-likeness (QED) is 0.807. The molecule has 2 heteroatoms. The van der Waals surface area contributed by atoms with Crippen LogP contribution < -0.4 is 4.74 Å². The Morgan fingerprint density at radius 1 is 1.00 bits per heavy atom. The van der Waals surface area contributed by atoms with Crippen LogP contribution in [0.4, 0.5) is 0 Å². The first kappa shape index (κ1) is 11.8. The predicted octanol–water partition coefficient (Wildman–Crippen LogP) is 3.04. The van der Waals surface area contributed by atoms with Gasteiger partial charge in [-0.05, 0) is 80.8 Å². The molecule has 2 bridgehead atoms. The lowest BCUT2D eigenvalue weighted by atomic mass is 9.86. The average Bonchev–Trinajstić information content (AvgIpc) is 2.48. The van der Waals surface area contributed by atoms with Crippen LogP contribution in [0.25, 0.3) is 0 Å². The molecule has 2 nitrogen and oxygen atoms in total. The Kier molecular flexibility index (Phi) is 2.99. The Morgan fingerprint density at radius 3 is 2.53 bits per heavy atom. The molecule has 3 fully saturated rings. The zero-order valence-electron chi connectivity index (χ0n) is 11.6. The molecule has 3 saturated heterocycles. The summed E-state index contributed by atoms with van der Waals surface area (Å²) in [5.74, 6) is 1.90. The largest absolute Gasteiger partial charge is 0.489 e. The van der Waals surface area contributed by atoms with E-state index in [4.69, 9.17) is 4.74 Å². The van der Waals surface area contributed by atoms with Crippen molar-refractivity contribution in [2.24, 2.45) is 5.92 Å². The van der Waals surface area contributed by atoms with E-state index in [1.807, 2.05) is 0 Å². The molecule has 0 aromatic heterocycles. The number of fused-ring (bicyclic) bond motifs is 4. The Hall–Kier alpha value is -1.02. The summed E-state index contributed by atoms with van der Waals surface area (Å²) in [6.45, 7) is 3.71. The third-order valence-corrected chi connectivity index (χ3v) is 5.20. The molecular formula is C17H23NO. The van der Waals surface area contributed by atoms with Crippen LogP contribution >= 0.6 is 0 Å². The zero-order valence-corrected chi connectivity index (χ0v) is 11.6. The van der Waals surface area contributed by atoms with Gasteiger partial charge >= 0.3 is 0 Å². The van der Waals surface area contributed by atoms with Gasteiger partial charge in [0.15, 0.2) is 0 Å². The Balaban J connectivity index is 1.50. The molecule has 19 heavy (non-hydrogen) atoms. The van der Waals surface area contributed by atoms with E-state index in [-0.39, 0.29) is 0 Å². The van der Waals surface area contributed by atoms with E-state index in [0.29, 0.717) is 6.10 Å². The molecule has 1 aliphatic carbocycles. The summed E-state index contributed by atoms with van der Waals surface area (Å²) in [6, 6.07) is 6.80. The number of aryl methyl sites for hydroxylation is 2. The maximum absolute atomic E-state index is 6.31. The Bertz CT molecular complexity index is 462. The van der Waals surface area contributed by atoms with E-state index in [9.17, 15) is 0 Å². The maximum atomic E-state index is 6.31. The highest BCUT2D eigenvalue weighted by atomic mass is 16.5. The van der Waals surface area contributed by atoms with Gasteiger partial charge in [0, 0.05) is 6.54 Å². The molecule has 0 unspecified atom stereocenters. The van der Waals surface area contributed by atoms with Crippen LogP contribution in [-0.4, -0.2) is 30.6 Å². The lowest BCUT2D eigenvalue weighted by Crippen LogP contribution is -2.52. The molecule has 0 radical (unpaired) electrons. The van der Waals surface area contributed by atoms with Crippen molar-refractivity contribution < 1.29 is 4.74 Å². The molecule has 0 amide bonds. The molecule has 1 aromatic rings. The average molecular weight is 257 g/mol. The first-order valence-corrected chi connectivity index (χ1v) is 7.89. The summed E-state index contributed by atoms with van der Waals surface area (Å²) in [4.78, 5) is 2.56. The molecule has 3 aliphatic heterocycles. The first-order chi connectivity index (χ1) is 9.38. The summed E-state index contributed by atoms with van der Waals surface area (Å²) in [7, 11) is 0. The zero-order chi connectivity index (χ0) is 12.7. The number of piperidine rings is 3. The van der Waals surface area contributed by atoms with Crippen LogP contribution in [0.5, 0.6) is 5.75 Å². The summed E-state index contributed by atoms with van der Waals surface area (Å²) < 4.78 is 6.31. The van der Waals surface area contributed by atoms with Crippen LogP contribution in [0.1, 0.15) is 36.8 Å². The normalized spacial score (nSPS) is 32.9. The number of hydrogen-bond donors (Lipinski definition) is 0. The molecule has 0 N–H and O–H groups in total. The topological polar surface area (TPSA) is 12.5 Å². The molecule has 1 atom stereocenters. The fourth-order valence-electron chi connectivity index (χ4n) is 4.00. The molecule has 3 heterocycles. The van der Waals surface area contributed by atoms with Gasteiger partial charge in [-0.25, -0.2) is 0 Å². The highest BCUT2D eigenvalue weighted by Crippen LogP contribution is 2.32. The standard InChI is InChI=1S/C17H23NO/c1-2-4-15-11-16(6-5-13(15)3-1)19-17-12-18-9-7-14(17)8-10-18/h5-6,11,14,17H,1-4,7-10,12H2/t17-/m1/s1. The second-order valence-corrected chi connectivity index (χ2v) is 6.43. The fraction of sp³-hybridized carbons (Fsp3) is 0.647. The monoisotopic (exact) mass is 257 g/mol. The third kappa shape index (κ3) is 2.27. The second kappa shape index (κ2) is 4.82. The van der Waals surface area contributed by atoms with Gasteiger partial charge in [-0.1, -0.05) is 6.07 Å². The smallest absolute Gasteiger partial charge is 0.120 e. The van der Waals surface area contributed by atoms with Crippen molar-refractivity contribution in [3.8, 4) is 5.75 Å². The van der Waals surface area contributed by atoms with Crippen LogP contribution in [-0.2, 0) is 12.8 Å². The van der Waals surface area contributed by atoms with Gasteiger partial charge in [-0.15, -0.1) is 0 Å². The SMILES string of the molecule is c1cc2c(cc1O[C@@H]1CN3CCC1CC3)CCCC2. The lowest BCUT2D eigenvalue weighted by molar-refractivity contribution is -0.00780. The number of nitrogens with zero attached hydrogens (tertiary/aromatic N) is 1. The highest BCUT2D eigenvalue weighted by Gasteiger charge is 2.35. The second-order valence-electron chi connectivity index (χ2n) is 6.43. The van der Waals surface area contributed by atoms with Gasteiger partial charge in [-0.3, -0.25) is 4.90 Å². The van der Waals surface area contributed by atoms with E-state index in [0.717, 1.165) is 18.2 Å². The number of benzene rings is 1. The predicted molar refractivity (Wildman–Crippen MR) is 76.7 cm³/mol. The van der Waals surface area contributed by atoms with Gasteiger partial charge in [-0.2, -0.15) is 0 Å². The Labute approximate surface area is 115 Å². The minimum atomic E-state index is 0.434. The number of hydrogen-bond acceptors (Lipinski definition) is 2. The van der Waals surface area contributed by atoms with Gasteiger partial charge in [0.25, 0.3) is 0 Å². The van der Waals surface area contributed by atoms with E-state index < -0.39 is 0 Å². The molecule has 102 valence electrons. The number of ether oxygens (including phenoxy) is 1. The molecule has 0 saturated carbocycles. The summed E-state index contributed by atoms with van der Waals surface area (Å²) in [6.07, 6.45) is 8.29. The van der Waals surface area contributed by atoms with E-state index in [2.05, 4.69) is 23.1 Å². The molecular weight excluding hydrogens is 234 g/mol. The van der Waals surface area contributed by atoms with Gasteiger partial charge < -0.3 is 4.74 Å². The van der Waals surface area contributed by atoms with Crippen LogP contribution in [0.3, 0.4) is 0 Å². The lowest BCUT2D eigenvalue weighted by Gasteiger charge is -2.44. The Morgan fingerprint density at radius 2 is 1.79 bits per heavy atom. The third-order valence-electron chi connectivity index (χ3n) is 5.20. The van der Waals surface area contributed by atoms with Crippen LogP contribution in [0, 0.1) is 5.92 Å². The fourth-order valence-corrected chi connectivity index (χ4v) is 4.00. The van der Waals surface area contributed by atoms with Gasteiger partial charge in [0.2, 0.25) is 0 Å². The van der Waals surface area contributed by atoms with Crippen molar-refractivity contribution in [2.45, 2.75) is 44.6 Å². The maximum Gasteiger partial charge on any atom is 0.120 e. The van der Waals surface area contributed by atoms with Gasteiger partial charge in [0.05, 0.1) is 0 Å². The first-order valence-electron chi connectivity index (χ1n) is 7.89. The summed E-state index contributed by atoms with van der Waals surface area (Å²) in [5, 5.41) is 0. The van der Waals surface area contributed by atoms with Crippen molar-refractivity contribution in [2.75, 3.05) is 19.6 Å². The minimum Gasteiger partial charge on any atom is -0.489 e. The molecule has 4 aliphatic rings. The van der Waals surface area contributed by atoms with E-state index in [1.54, 1.807) is 5.56 Å². The number of rotatable bonds is 2. The van der Waals surface area contributed by atoms with Crippen LogP contribution in [0.15, 0.2) is 18.2 Å². The van der Waals surface area contributed by atoms with Crippen molar-refractivity contribution in [3.05, 3.63) is 29.3 Å². The van der Waals surface area contributed by atoms with Crippen molar-refractivity contribution in [1.82, 2.24) is 4.90 Å². The molecule has 5 rings (SSSR count). The molecule has 0 spiro atoms. The highest BCUT2D eigenvalue weighted by molar-refractivity contribution is 5.37.